The highest BCUT2D eigenvalue weighted by molar-refractivity contribution is 7.93. The molecule has 200 valence electrons. The Labute approximate surface area is 219 Å². The summed E-state index contributed by atoms with van der Waals surface area (Å²) in [5, 5.41) is 7.29. The van der Waals surface area contributed by atoms with Crippen molar-refractivity contribution in [1.82, 2.24) is 24.7 Å². The van der Waals surface area contributed by atoms with Crippen LogP contribution in [0.4, 0.5) is 10.3 Å². The highest BCUT2D eigenvalue weighted by Crippen LogP contribution is 2.38. The van der Waals surface area contributed by atoms with E-state index in [0.29, 0.717) is 28.6 Å². The van der Waals surface area contributed by atoms with Gasteiger partial charge in [-0.15, -0.1) is 10.2 Å². The molecule has 13 heteroatoms. The minimum atomic E-state index is -4.16. The van der Waals surface area contributed by atoms with Crippen LogP contribution in [0.3, 0.4) is 0 Å². The first-order chi connectivity index (χ1) is 18.2. The van der Waals surface area contributed by atoms with E-state index in [9.17, 15) is 12.8 Å². The van der Waals surface area contributed by atoms with E-state index in [1.165, 1.54) is 45.0 Å². The van der Waals surface area contributed by atoms with Crippen LogP contribution in [-0.2, 0) is 14.8 Å². The van der Waals surface area contributed by atoms with Crippen LogP contribution in [0.5, 0.6) is 11.5 Å². The maximum atomic E-state index is 13.6. The van der Waals surface area contributed by atoms with Crippen molar-refractivity contribution in [2.24, 2.45) is 0 Å². The van der Waals surface area contributed by atoms with E-state index in [-0.39, 0.29) is 11.6 Å². The van der Waals surface area contributed by atoms with Gasteiger partial charge in [0.15, 0.2) is 5.82 Å². The minimum absolute atomic E-state index is 0.113. The molecular weight excluding hydrogens is 515 g/mol. The number of hydrogen-bond donors (Lipinski definition) is 1. The van der Waals surface area contributed by atoms with Gasteiger partial charge in [-0.3, -0.25) is 19.3 Å². The van der Waals surface area contributed by atoms with E-state index in [2.05, 4.69) is 24.9 Å². The zero-order chi connectivity index (χ0) is 27.4. The molecule has 4 rings (SSSR count). The molecule has 0 saturated heterocycles. The van der Waals surface area contributed by atoms with Gasteiger partial charge in [0, 0.05) is 25.1 Å². The lowest BCUT2D eigenvalue weighted by Crippen LogP contribution is -2.33. The van der Waals surface area contributed by atoms with Crippen molar-refractivity contribution in [2.75, 3.05) is 26.1 Å². The molecule has 1 aromatic carbocycles. The van der Waals surface area contributed by atoms with Gasteiger partial charge < -0.3 is 14.2 Å². The first-order valence-electron chi connectivity index (χ1n) is 11.4. The van der Waals surface area contributed by atoms with Crippen molar-refractivity contribution in [2.45, 2.75) is 25.2 Å². The molecule has 2 atom stereocenters. The number of rotatable bonds is 10. The van der Waals surface area contributed by atoms with E-state index < -0.39 is 27.2 Å². The van der Waals surface area contributed by atoms with Gasteiger partial charge in [-0.05, 0) is 49.7 Å². The summed E-state index contributed by atoms with van der Waals surface area (Å²) in [5.74, 6) is 0.430. The molecule has 38 heavy (non-hydrogen) atoms. The van der Waals surface area contributed by atoms with Crippen LogP contribution in [0.2, 0.25) is 0 Å². The van der Waals surface area contributed by atoms with Crippen molar-refractivity contribution in [1.29, 1.82) is 0 Å². The van der Waals surface area contributed by atoms with Gasteiger partial charge in [-0.2, -0.15) is 0 Å². The monoisotopic (exact) mass is 542 g/mol. The Morgan fingerprint density at radius 3 is 2.29 bits per heavy atom. The molecule has 0 unspecified atom stereocenters. The molecular formula is C25H27FN6O5S. The standard InChI is InChI=1S/C25H27FN6O5S/c1-15-11-17(13-27-12-15)24-29-30-25(32(24)22-20(35-3)7-6-8-21(22)36-4)31-38(33,34)16(2)23(37-5)19-10-9-18(26)14-28-19/h6-14,16,23H,1-5H3,(H,30,31)/t16-,23+/m0/s1. The SMILES string of the molecule is COc1cccc(OC)c1-n1c(NS(=O)(=O)[C@@H](C)[C@@H](OC)c2ccc(F)cn2)nnc1-c1cncc(C)c1. The van der Waals surface area contributed by atoms with Gasteiger partial charge in [0.25, 0.3) is 0 Å². The maximum absolute atomic E-state index is 13.6. The number of sulfonamides is 1. The quantitative estimate of drug-likeness (QED) is 0.319. The molecule has 0 aliphatic carbocycles. The van der Waals surface area contributed by atoms with Gasteiger partial charge in [-0.25, -0.2) is 12.8 Å². The minimum Gasteiger partial charge on any atom is -0.494 e. The first-order valence-corrected chi connectivity index (χ1v) is 13.0. The molecule has 0 fully saturated rings. The molecule has 0 aliphatic heterocycles. The van der Waals surface area contributed by atoms with Crippen LogP contribution in [0.15, 0.2) is 55.0 Å². The molecule has 3 heterocycles. The van der Waals surface area contributed by atoms with E-state index in [1.807, 2.05) is 13.0 Å². The largest absolute Gasteiger partial charge is 0.494 e. The van der Waals surface area contributed by atoms with Gasteiger partial charge in [-0.1, -0.05) is 6.07 Å². The fourth-order valence-corrected chi connectivity index (χ4v) is 5.12. The number of ether oxygens (including phenoxy) is 3. The Balaban J connectivity index is 1.84. The Morgan fingerprint density at radius 2 is 1.71 bits per heavy atom. The third kappa shape index (κ3) is 5.29. The highest BCUT2D eigenvalue weighted by Gasteiger charge is 2.34. The van der Waals surface area contributed by atoms with Crippen LogP contribution in [0.25, 0.3) is 17.1 Å². The molecule has 0 aliphatic rings. The molecule has 1 N–H and O–H groups in total. The fourth-order valence-electron chi connectivity index (χ4n) is 3.97. The summed E-state index contributed by atoms with van der Waals surface area (Å²) >= 11 is 0. The molecule has 3 aromatic heterocycles. The Morgan fingerprint density at radius 1 is 1.00 bits per heavy atom. The van der Waals surface area contributed by atoms with E-state index in [4.69, 9.17) is 14.2 Å². The smallest absolute Gasteiger partial charge is 0.243 e. The van der Waals surface area contributed by atoms with Gasteiger partial charge >= 0.3 is 0 Å². The second-order valence-electron chi connectivity index (χ2n) is 8.35. The van der Waals surface area contributed by atoms with Crippen LogP contribution in [-0.4, -0.2) is 59.7 Å². The van der Waals surface area contributed by atoms with Crippen molar-refractivity contribution >= 4 is 16.0 Å². The van der Waals surface area contributed by atoms with Crippen molar-refractivity contribution < 1.29 is 27.0 Å². The summed E-state index contributed by atoms with van der Waals surface area (Å²) in [5.41, 5.74) is 2.10. The second kappa shape index (κ2) is 11.1. The second-order valence-corrected chi connectivity index (χ2v) is 10.4. The summed E-state index contributed by atoms with van der Waals surface area (Å²) in [6, 6.07) is 9.56. The number of anilines is 1. The normalized spacial score (nSPS) is 13.1. The number of benzene rings is 1. The number of pyridine rings is 2. The van der Waals surface area contributed by atoms with Gasteiger partial charge in [0.2, 0.25) is 16.0 Å². The van der Waals surface area contributed by atoms with Crippen molar-refractivity contribution in [3.8, 4) is 28.6 Å². The number of aromatic nitrogens is 5. The van der Waals surface area contributed by atoms with E-state index >= 15 is 0 Å². The number of nitrogens with one attached hydrogen (secondary N) is 1. The third-order valence-corrected chi connectivity index (χ3v) is 7.56. The van der Waals surface area contributed by atoms with Crippen molar-refractivity contribution in [3.05, 3.63) is 72.1 Å². The first kappa shape index (κ1) is 26.9. The number of aryl methyl sites for hydroxylation is 1. The number of methoxy groups -OCH3 is 3. The molecule has 11 nitrogen and oxygen atoms in total. The average molecular weight is 543 g/mol. The van der Waals surface area contributed by atoms with E-state index in [0.717, 1.165) is 11.8 Å². The van der Waals surface area contributed by atoms with E-state index in [1.54, 1.807) is 30.6 Å². The summed E-state index contributed by atoms with van der Waals surface area (Å²) < 4.78 is 61.2. The lowest BCUT2D eigenvalue weighted by Gasteiger charge is -2.23. The highest BCUT2D eigenvalue weighted by atomic mass is 32.2. The Bertz CT molecular complexity index is 1510. The molecule has 0 amide bonds. The molecule has 0 bridgehead atoms. The third-order valence-electron chi connectivity index (χ3n) is 5.87. The molecule has 0 radical (unpaired) electrons. The Hall–Kier alpha value is -4.10. The summed E-state index contributed by atoms with van der Waals surface area (Å²) in [4.78, 5) is 8.22. The van der Waals surface area contributed by atoms with Gasteiger partial charge in [0.1, 0.15) is 34.4 Å². The molecule has 0 spiro atoms. The zero-order valence-corrected chi connectivity index (χ0v) is 22.2. The fraction of sp³-hybridized carbons (Fsp3) is 0.280. The summed E-state index contributed by atoms with van der Waals surface area (Å²) in [6.07, 6.45) is 3.29. The molecule has 4 aromatic rings. The number of halogens is 1. The lowest BCUT2D eigenvalue weighted by atomic mass is 10.2. The average Bonchev–Trinajstić information content (AvgIpc) is 3.31. The Kier molecular flexibility index (Phi) is 7.88. The number of hydrogen-bond acceptors (Lipinski definition) is 9. The zero-order valence-electron chi connectivity index (χ0n) is 21.4. The lowest BCUT2D eigenvalue weighted by molar-refractivity contribution is 0.0988. The van der Waals surface area contributed by atoms with Gasteiger partial charge in [0.05, 0.1) is 26.1 Å². The number of nitrogens with zero attached hydrogens (tertiary/aromatic N) is 5. The van der Waals surface area contributed by atoms with Crippen LogP contribution in [0, 0.1) is 12.7 Å². The topological polar surface area (TPSA) is 130 Å². The van der Waals surface area contributed by atoms with Crippen LogP contribution in [0.1, 0.15) is 24.3 Å². The van der Waals surface area contributed by atoms with Crippen LogP contribution >= 0.6 is 0 Å². The predicted octanol–water partition coefficient (Wildman–Crippen LogP) is 3.71. The van der Waals surface area contributed by atoms with Crippen LogP contribution < -0.4 is 14.2 Å². The molecule has 0 saturated carbocycles. The number of para-hydroxylation sites is 1. The maximum Gasteiger partial charge on any atom is 0.243 e. The summed E-state index contributed by atoms with van der Waals surface area (Å²) in [6.45, 7) is 3.33. The van der Waals surface area contributed by atoms with Crippen molar-refractivity contribution in [3.63, 3.8) is 0 Å². The summed E-state index contributed by atoms with van der Waals surface area (Å²) in [7, 11) is 0.170. The predicted molar refractivity (Wildman–Crippen MR) is 138 cm³/mol.